The molecule has 1 aliphatic rings. The van der Waals surface area contributed by atoms with Crippen LogP contribution in [-0.2, 0) is 4.79 Å². The maximum atomic E-state index is 11.7. The van der Waals surface area contributed by atoms with Gasteiger partial charge in [-0.05, 0) is 12.8 Å². The molecule has 0 unspecified atom stereocenters. The van der Waals surface area contributed by atoms with Gasteiger partial charge in [-0.15, -0.1) is 0 Å². The summed E-state index contributed by atoms with van der Waals surface area (Å²) in [5, 5.41) is 12.7. The lowest BCUT2D eigenvalue weighted by atomic mass is 10.2. The predicted octanol–water partition coefficient (Wildman–Crippen LogP) is 3.23. The summed E-state index contributed by atoms with van der Waals surface area (Å²) in [5.41, 5.74) is 1.76. The molecule has 1 aromatic carbocycles. The summed E-state index contributed by atoms with van der Waals surface area (Å²) >= 11 is 0. The molecular weight excluding hydrogens is 456 g/mol. The number of aliphatic carboxylic acids is 1. The summed E-state index contributed by atoms with van der Waals surface area (Å²) in [6.45, 7) is 0.565. The van der Waals surface area contributed by atoms with Crippen LogP contribution in [0.3, 0.4) is 0 Å². The molecule has 182 valence electrons. The molecule has 1 saturated heterocycles. The predicted molar refractivity (Wildman–Crippen MR) is 126 cm³/mol. The number of anilines is 3. The zero-order valence-corrected chi connectivity index (χ0v) is 19.4. The van der Waals surface area contributed by atoms with E-state index in [1.165, 1.54) is 6.26 Å². The average molecular weight is 480 g/mol. The van der Waals surface area contributed by atoms with E-state index in [1.807, 2.05) is 0 Å². The molecule has 5 rings (SSSR count). The van der Waals surface area contributed by atoms with Gasteiger partial charge in [-0.2, -0.15) is 4.98 Å². The SMILES string of the molecule is COc1cc(-n2cnc(Nc3nc(N4CCC[C@H]4C(=O)O)nc4ccoc34)c2)cc(OC)c1OC. The maximum absolute atomic E-state index is 11.7. The van der Waals surface area contributed by atoms with Gasteiger partial charge in [0.2, 0.25) is 11.7 Å². The number of furan rings is 1. The van der Waals surface area contributed by atoms with Crippen LogP contribution >= 0.6 is 0 Å². The third-order valence-electron chi connectivity index (χ3n) is 5.86. The normalized spacial score (nSPS) is 15.4. The number of benzene rings is 1. The fourth-order valence-corrected chi connectivity index (χ4v) is 4.19. The van der Waals surface area contributed by atoms with Gasteiger partial charge in [0.05, 0.1) is 39.5 Å². The van der Waals surface area contributed by atoms with E-state index in [9.17, 15) is 9.90 Å². The highest BCUT2D eigenvalue weighted by molar-refractivity contribution is 5.87. The molecular formula is C23H24N6O6. The number of methoxy groups -OCH3 is 3. The van der Waals surface area contributed by atoms with E-state index >= 15 is 0 Å². The number of rotatable bonds is 8. The van der Waals surface area contributed by atoms with Crippen LogP contribution in [0.4, 0.5) is 17.6 Å². The van der Waals surface area contributed by atoms with Crippen molar-refractivity contribution in [3.05, 3.63) is 37.0 Å². The molecule has 1 atom stereocenters. The number of hydrogen-bond donors (Lipinski definition) is 2. The first-order chi connectivity index (χ1) is 17.0. The van der Waals surface area contributed by atoms with Gasteiger partial charge >= 0.3 is 5.97 Å². The van der Waals surface area contributed by atoms with Gasteiger partial charge in [-0.1, -0.05) is 0 Å². The van der Waals surface area contributed by atoms with Crippen molar-refractivity contribution >= 4 is 34.7 Å². The third kappa shape index (κ3) is 4.03. The van der Waals surface area contributed by atoms with E-state index in [0.717, 1.165) is 12.1 Å². The zero-order chi connectivity index (χ0) is 24.5. The average Bonchev–Trinajstić information content (AvgIpc) is 3.63. The number of carboxylic acids is 1. The first-order valence-electron chi connectivity index (χ1n) is 10.9. The monoisotopic (exact) mass is 480 g/mol. The molecule has 4 aromatic rings. The number of ether oxygens (including phenoxy) is 3. The second kappa shape index (κ2) is 9.05. The lowest BCUT2D eigenvalue weighted by Crippen LogP contribution is -2.37. The highest BCUT2D eigenvalue weighted by atomic mass is 16.5. The molecule has 2 N–H and O–H groups in total. The number of nitrogens with one attached hydrogen (secondary N) is 1. The number of carboxylic acid groups (broad SMARTS) is 1. The van der Waals surface area contributed by atoms with Gasteiger partial charge in [0, 0.05) is 24.7 Å². The van der Waals surface area contributed by atoms with Gasteiger partial charge < -0.3 is 38.5 Å². The number of aromatic nitrogens is 4. The van der Waals surface area contributed by atoms with E-state index in [-0.39, 0.29) is 0 Å². The molecule has 12 heteroatoms. The molecule has 0 aliphatic carbocycles. The minimum atomic E-state index is -0.892. The Morgan fingerprint density at radius 3 is 2.63 bits per heavy atom. The van der Waals surface area contributed by atoms with Crippen LogP contribution in [0.1, 0.15) is 12.8 Å². The van der Waals surface area contributed by atoms with Crippen LogP contribution in [0, 0.1) is 0 Å². The highest BCUT2D eigenvalue weighted by Gasteiger charge is 2.33. The van der Waals surface area contributed by atoms with Gasteiger partial charge in [0.15, 0.2) is 22.9 Å². The number of nitrogens with zero attached hydrogens (tertiary/aromatic N) is 5. The number of imidazole rings is 1. The second-order valence-corrected chi connectivity index (χ2v) is 7.87. The topological polar surface area (TPSA) is 137 Å². The Morgan fingerprint density at radius 2 is 1.94 bits per heavy atom. The van der Waals surface area contributed by atoms with Crippen LogP contribution < -0.4 is 24.4 Å². The van der Waals surface area contributed by atoms with E-state index < -0.39 is 12.0 Å². The van der Waals surface area contributed by atoms with Crippen molar-refractivity contribution in [3.63, 3.8) is 0 Å². The molecule has 0 spiro atoms. The van der Waals surface area contributed by atoms with Crippen LogP contribution in [0.2, 0.25) is 0 Å². The summed E-state index contributed by atoms with van der Waals surface area (Å²) in [6, 6.07) is 4.66. The number of hydrogen-bond acceptors (Lipinski definition) is 10. The van der Waals surface area contributed by atoms with Crippen LogP contribution in [0.25, 0.3) is 16.8 Å². The number of fused-ring (bicyclic) bond motifs is 1. The summed E-state index contributed by atoms with van der Waals surface area (Å²) in [7, 11) is 4.66. The summed E-state index contributed by atoms with van der Waals surface area (Å²) in [4.78, 5) is 26.9. The smallest absolute Gasteiger partial charge is 0.326 e. The standard InChI is InChI=1S/C23H24N6O6/c1-32-16-9-13(10-17(33-2)20(16)34-3)28-11-18(24-12-28)26-21-19-14(6-8-35-19)25-23(27-21)29-7-4-5-15(29)22(30)31/h6,8-12,15H,4-5,7H2,1-3H3,(H,30,31)(H,25,26,27)/t15-/m0/s1. The maximum Gasteiger partial charge on any atom is 0.326 e. The van der Waals surface area contributed by atoms with Crippen molar-refractivity contribution in [2.24, 2.45) is 0 Å². The largest absolute Gasteiger partial charge is 0.493 e. The van der Waals surface area contributed by atoms with Crippen molar-refractivity contribution in [1.29, 1.82) is 0 Å². The Morgan fingerprint density at radius 1 is 1.17 bits per heavy atom. The van der Waals surface area contributed by atoms with Crippen molar-refractivity contribution in [2.45, 2.75) is 18.9 Å². The molecule has 4 heterocycles. The van der Waals surface area contributed by atoms with Gasteiger partial charge in [0.1, 0.15) is 23.7 Å². The Hall–Kier alpha value is -4.48. The highest BCUT2D eigenvalue weighted by Crippen LogP contribution is 2.39. The summed E-state index contributed by atoms with van der Waals surface area (Å²) in [6.07, 6.45) is 6.22. The second-order valence-electron chi connectivity index (χ2n) is 7.87. The Labute approximate surface area is 200 Å². The first-order valence-corrected chi connectivity index (χ1v) is 10.9. The molecule has 0 bridgehead atoms. The molecule has 3 aromatic heterocycles. The fourth-order valence-electron chi connectivity index (χ4n) is 4.19. The van der Waals surface area contributed by atoms with Crippen LogP contribution in [0.5, 0.6) is 17.2 Å². The van der Waals surface area contributed by atoms with Crippen molar-refractivity contribution in [1.82, 2.24) is 19.5 Å². The van der Waals surface area contributed by atoms with Crippen molar-refractivity contribution < 1.29 is 28.5 Å². The lowest BCUT2D eigenvalue weighted by Gasteiger charge is -2.21. The fraction of sp³-hybridized carbons (Fsp3) is 0.304. The number of carbonyl (C=O) groups is 1. The zero-order valence-electron chi connectivity index (χ0n) is 19.4. The molecule has 1 aliphatic heterocycles. The van der Waals surface area contributed by atoms with Crippen LogP contribution in [0.15, 0.2) is 41.4 Å². The Balaban J connectivity index is 1.48. The van der Waals surface area contributed by atoms with E-state index in [1.54, 1.807) is 61.5 Å². The minimum Gasteiger partial charge on any atom is -0.493 e. The van der Waals surface area contributed by atoms with Crippen molar-refractivity contribution in [3.8, 4) is 22.9 Å². The van der Waals surface area contributed by atoms with E-state index in [4.69, 9.17) is 18.6 Å². The van der Waals surface area contributed by atoms with E-state index in [0.29, 0.717) is 58.9 Å². The molecule has 0 saturated carbocycles. The molecule has 12 nitrogen and oxygen atoms in total. The Kier molecular flexibility index (Phi) is 5.77. The van der Waals surface area contributed by atoms with Crippen molar-refractivity contribution in [2.75, 3.05) is 38.1 Å². The molecule has 0 radical (unpaired) electrons. The lowest BCUT2D eigenvalue weighted by molar-refractivity contribution is -0.138. The van der Waals surface area contributed by atoms with Gasteiger partial charge in [-0.25, -0.2) is 14.8 Å². The summed E-state index contributed by atoms with van der Waals surface area (Å²) < 4.78 is 23.6. The molecule has 0 amide bonds. The molecule has 1 fully saturated rings. The minimum absolute atomic E-state index is 0.329. The van der Waals surface area contributed by atoms with E-state index in [2.05, 4.69) is 20.3 Å². The Bertz CT molecular complexity index is 1360. The quantitative estimate of drug-likeness (QED) is 0.384. The first kappa shape index (κ1) is 22.3. The van der Waals surface area contributed by atoms with Crippen LogP contribution in [-0.4, -0.2) is 64.5 Å². The van der Waals surface area contributed by atoms with Gasteiger partial charge in [-0.3, -0.25) is 0 Å². The summed E-state index contributed by atoms with van der Waals surface area (Å²) in [5.74, 6) is 1.85. The molecule has 35 heavy (non-hydrogen) atoms. The third-order valence-corrected chi connectivity index (χ3v) is 5.86. The van der Waals surface area contributed by atoms with Gasteiger partial charge in [0.25, 0.3) is 0 Å².